The second kappa shape index (κ2) is 9.76. The molecule has 4 rings (SSSR count). The Morgan fingerprint density at radius 2 is 1.17 bits per heavy atom. The van der Waals surface area contributed by atoms with E-state index in [0.717, 1.165) is 39.4 Å². The van der Waals surface area contributed by atoms with Crippen molar-refractivity contribution in [3.8, 4) is 0 Å². The van der Waals surface area contributed by atoms with Crippen molar-refractivity contribution in [2.24, 2.45) is 5.92 Å². The third-order valence-corrected chi connectivity index (χ3v) is 6.95. The van der Waals surface area contributed by atoms with E-state index < -0.39 is 5.54 Å². The summed E-state index contributed by atoms with van der Waals surface area (Å²) in [6.45, 7) is 4.94. The molecule has 0 unspecified atom stereocenters. The first-order chi connectivity index (χ1) is 17.0. The van der Waals surface area contributed by atoms with Crippen molar-refractivity contribution in [1.82, 2.24) is 4.90 Å². The van der Waals surface area contributed by atoms with Crippen LogP contribution in [0.2, 0.25) is 0 Å². The first-order valence-electron chi connectivity index (χ1n) is 12.5. The summed E-state index contributed by atoms with van der Waals surface area (Å²) in [5, 5.41) is 3.21. The Balaban J connectivity index is 2.07. The molecule has 0 fully saturated rings. The molecule has 0 saturated heterocycles. The molecule has 0 bridgehead atoms. The van der Waals surface area contributed by atoms with Gasteiger partial charge in [0.1, 0.15) is 5.54 Å². The molecule has 6 heteroatoms. The van der Waals surface area contributed by atoms with Gasteiger partial charge in [-0.15, -0.1) is 0 Å². The Morgan fingerprint density at radius 3 is 1.58 bits per heavy atom. The van der Waals surface area contributed by atoms with E-state index in [1.54, 1.807) is 0 Å². The molecule has 2 amide bonds. The van der Waals surface area contributed by atoms with Crippen molar-refractivity contribution in [3.05, 3.63) is 83.4 Å². The van der Waals surface area contributed by atoms with Gasteiger partial charge in [0, 0.05) is 71.5 Å². The molecule has 1 N–H and O–H groups in total. The summed E-state index contributed by atoms with van der Waals surface area (Å²) in [7, 11) is 12.2. The van der Waals surface area contributed by atoms with Crippen LogP contribution in [0, 0.1) is 5.92 Å². The van der Waals surface area contributed by atoms with Gasteiger partial charge in [0.2, 0.25) is 0 Å². The molecule has 0 saturated carbocycles. The van der Waals surface area contributed by atoms with E-state index in [4.69, 9.17) is 0 Å². The van der Waals surface area contributed by atoms with Crippen LogP contribution in [0.4, 0.5) is 27.5 Å². The first kappa shape index (κ1) is 25.4. The van der Waals surface area contributed by atoms with Gasteiger partial charge in [-0.1, -0.05) is 44.2 Å². The maximum absolute atomic E-state index is 13.9. The summed E-state index contributed by atoms with van der Waals surface area (Å²) in [5.41, 5.74) is 6.57. The summed E-state index contributed by atoms with van der Waals surface area (Å²) >= 11 is 0. The minimum absolute atomic E-state index is 0.0829. The standard InChI is InChI=1S/C30H39N5O/c1-21(2)20-35-29(36)31-28-19-26(34(7)8)17-18-27(28)30(35,22-9-13-24(14-10-22)32(3)4)23-11-15-25(16-12-23)33(5)6/h9-19,21H,20H2,1-8H3,(H,31,36). The van der Waals surface area contributed by atoms with Crippen molar-refractivity contribution >= 4 is 28.8 Å². The molecule has 3 aromatic carbocycles. The quantitative estimate of drug-likeness (QED) is 0.468. The smallest absolute Gasteiger partial charge is 0.323 e. The van der Waals surface area contributed by atoms with Crippen molar-refractivity contribution in [2.45, 2.75) is 19.4 Å². The van der Waals surface area contributed by atoms with E-state index in [2.05, 4.69) is 101 Å². The Kier molecular flexibility index (Phi) is 6.90. The normalized spacial score (nSPS) is 14.4. The molecule has 0 aromatic heterocycles. The van der Waals surface area contributed by atoms with Crippen LogP contribution in [-0.2, 0) is 5.54 Å². The minimum atomic E-state index is -0.775. The Hall–Kier alpha value is -3.67. The van der Waals surface area contributed by atoms with E-state index >= 15 is 0 Å². The van der Waals surface area contributed by atoms with Gasteiger partial charge in [0.25, 0.3) is 0 Å². The molecule has 36 heavy (non-hydrogen) atoms. The molecule has 1 aliphatic rings. The van der Waals surface area contributed by atoms with Gasteiger partial charge in [0.05, 0.1) is 5.69 Å². The van der Waals surface area contributed by atoms with Gasteiger partial charge in [-0.05, 0) is 53.4 Å². The van der Waals surface area contributed by atoms with Crippen LogP contribution in [0.15, 0.2) is 66.7 Å². The van der Waals surface area contributed by atoms with Gasteiger partial charge < -0.3 is 24.9 Å². The molecule has 190 valence electrons. The van der Waals surface area contributed by atoms with Crippen LogP contribution < -0.4 is 20.0 Å². The molecular formula is C30H39N5O. The maximum atomic E-state index is 13.9. The van der Waals surface area contributed by atoms with Crippen molar-refractivity contribution < 1.29 is 4.79 Å². The summed E-state index contributed by atoms with van der Waals surface area (Å²) in [5.74, 6) is 0.292. The number of nitrogens with zero attached hydrogens (tertiary/aromatic N) is 4. The van der Waals surface area contributed by atoms with E-state index in [1.165, 1.54) is 0 Å². The van der Waals surface area contributed by atoms with Gasteiger partial charge in [-0.3, -0.25) is 0 Å². The lowest BCUT2D eigenvalue weighted by Crippen LogP contribution is -2.57. The first-order valence-corrected chi connectivity index (χ1v) is 12.5. The second-order valence-electron chi connectivity index (χ2n) is 10.7. The topological polar surface area (TPSA) is 42.1 Å². The Morgan fingerprint density at radius 1 is 0.722 bits per heavy atom. The number of anilines is 4. The van der Waals surface area contributed by atoms with Crippen molar-refractivity contribution in [1.29, 1.82) is 0 Å². The number of fused-ring (bicyclic) bond motifs is 1. The third kappa shape index (κ3) is 4.36. The lowest BCUT2D eigenvalue weighted by Gasteiger charge is -2.50. The predicted octanol–water partition coefficient (Wildman–Crippen LogP) is 5.68. The third-order valence-electron chi connectivity index (χ3n) is 6.95. The molecule has 0 spiro atoms. The van der Waals surface area contributed by atoms with Crippen LogP contribution in [0.5, 0.6) is 0 Å². The molecular weight excluding hydrogens is 446 g/mol. The van der Waals surface area contributed by atoms with Crippen LogP contribution in [-0.4, -0.2) is 59.8 Å². The lowest BCUT2D eigenvalue weighted by atomic mass is 9.73. The Labute approximate surface area is 216 Å². The van der Waals surface area contributed by atoms with E-state index in [1.807, 2.05) is 47.2 Å². The summed E-state index contributed by atoms with van der Waals surface area (Å²) in [6, 6.07) is 23.6. The van der Waals surface area contributed by atoms with Crippen molar-refractivity contribution in [3.63, 3.8) is 0 Å². The SMILES string of the molecule is CC(C)CN1C(=O)Nc2cc(N(C)C)ccc2C1(c1ccc(N(C)C)cc1)c1ccc(N(C)C)cc1. The van der Waals surface area contributed by atoms with Crippen LogP contribution in [0.3, 0.4) is 0 Å². The highest BCUT2D eigenvalue weighted by molar-refractivity contribution is 5.96. The fourth-order valence-electron chi connectivity index (χ4n) is 5.09. The number of hydrogen-bond acceptors (Lipinski definition) is 4. The zero-order valence-electron chi connectivity index (χ0n) is 22.8. The summed E-state index contributed by atoms with van der Waals surface area (Å²) in [6.07, 6.45) is 0. The molecule has 0 aliphatic carbocycles. The van der Waals surface area contributed by atoms with E-state index in [0.29, 0.717) is 12.5 Å². The average molecular weight is 486 g/mol. The summed E-state index contributed by atoms with van der Waals surface area (Å²) < 4.78 is 0. The van der Waals surface area contributed by atoms with E-state index in [9.17, 15) is 4.79 Å². The van der Waals surface area contributed by atoms with Crippen LogP contribution in [0.25, 0.3) is 0 Å². The highest BCUT2D eigenvalue weighted by Gasteiger charge is 2.49. The number of hydrogen-bond donors (Lipinski definition) is 1. The van der Waals surface area contributed by atoms with E-state index in [-0.39, 0.29) is 6.03 Å². The highest BCUT2D eigenvalue weighted by atomic mass is 16.2. The van der Waals surface area contributed by atoms with Gasteiger partial charge in [-0.25, -0.2) is 4.79 Å². The largest absolute Gasteiger partial charge is 0.378 e. The number of carbonyl (C=O) groups excluding carboxylic acids is 1. The average Bonchev–Trinajstić information content (AvgIpc) is 2.84. The number of urea groups is 1. The molecule has 6 nitrogen and oxygen atoms in total. The lowest BCUT2D eigenvalue weighted by molar-refractivity contribution is 0.153. The fourth-order valence-corrected chi connectivity index (χ4v) is 5.09. The van der Waals surface area contributed by atoms with Gasteiger partial charge in [0.15, 0.2) is 0 Å². The molecule has 3 aromatic rings. The van der Waals surface area contributed by atoms with Crippen LogP contribution in [0.1, 0.15) is 30.5 Å². The monoisotopic (exact) mass is 485 g/mol. The predicted molar refractivity (Wildman–Crippen MR) is 153 cm³/mol. The molecule has 0 atom stereocenters. The minimum Gasteiger partial charge on any atom is -0.378 e. The maximum Gasteiger partial charge on any atom is 0.323 e. The molecule has 1 heterocycles. The number of benzene rings is 3. The number of carbonyl (C=O) groups is 1. The molecule has 1 aliphatic heterocycles. The second-order valence-corrected chi connectivity index (χ2v) is 10.7. The highest BCUT2D eigenvalue weighted by Crippen LogP contribution is 2.49. The zero-order chi connectivity index (χ0) is 26.2. The number of rotatable bonds is 7. The fraction of sp³-hybridized carbons (Fsp3) is 0.367. The Bertz CT molecular complexity index is 1160. The van der Waals surface area contributed by atoms with Gasteiger partial charge >= 0.3 is 6.03 Å². The summed E-state index contributed by atoms with van der Waals surface area (Å²) in [4.78, 5) is 22.1. The number of amides is 2. The number of nitrogens with one attached hydrogen (secondary N) is 1. The van der Waals surface area contributed by atoms with Crippen molar-refractivity contribution in [2.75, 3.05) is 68.8 Å². The van der Waals surface area contributed by atoms with Gasteiger partial charge in [-0.2, -0.15) is 0 Å². The molecule has 0 radical (unpaired) electrons. The van der Waals surface area contributed by atoms with Crippen LogP contribution >= 0.6 is 0 Å². The zero-order valence-corrected chi connectivity index (χ0v) is 22.8.